The molecule has 0 atom stereocenters. The molecule has 2 rings (SSSR count). The maximum absolute atomic E-state index is 9.14. The van der Waals surface area contributed by atoms with E-state index in [4.69, 9.17) is 5.11 Å². The van der Waals surface area contributed by atoms with Gasteiger partial charge in [-0.15, -0.1) is 0 Å². The molecule has 2 aromatic heterocycles. The smallest absolute Gasteiger partial charge is 0.233 e. The molecule has 0 aliphatic rings. The minimum atomic E-state index is -0.285. The molecule has 0 fully saturated rings. The summed E-state index contributed by atoms with van der Waals surface area (Å²) in [5, 5.41) is 12.4. The molecule has 0 spiro atoms. The van der Waals surface area contributed by atoms with Gasteiger partial charge in [0.2, 0.25) is 5.78 Å². The minimum absolute atomic E-state index is 0.0992. The third-order valence-electron chi connectivity index (χ3n) is 2.51. The maximum Gasteiger partial charge on any atom is 0.233 e. The van der Waals surface area contributed by atoms with Crippen molar-refractivity contribution in [1.82, 2.24) is 19.7 Å². The molecule has 5 nitrogen and oxygen atoms in total. The average Bonchev–Trinajstić information content (AvgIpc) is 2.70. The van der Waals surface area contributed by atoms with Gasteiger partial charge in [0.15, 0.2) is 0 Å². The fourth-order valence-electron chi connectivity index (χ4n) is 1.39. The summed E-state index contributed by atoms with van der Waals surface area (Å²) >= 11 is 0. The van der Waals surface area contributed by atoms with Crippen LogP contribution in [0.2, 0.25) is 0 Å². The Hall–Kier alpha value is -1.46. The lowest BCUT2D eigenvalue weighted by Gasteiger charge is -2.23. The number of aliphatic hydroxyl groups excluding tert-OH is 1. The quantitative estimate of drug-likeness (QED) is 0.791. The van der Waals surface area contributed by atoms with E-state index in [2.05, 4.69) is 15.3 Å². The van der Waals surface area contributed by atoms with E-state index in [1.807, 2.05) is 30.5 Å². The predicted molar refractivity (Wildman–Crippen MR) is 61.0 cm³/mol. The highest BCUT2D eigenvalue weighted by Crippen LogP contribution is 2.06. The summed E-state index contributed by atoms with van der Waals surface area (Å²) in [5.74, 6) is 0.695. The van der Waals surface area contributed by atoms with Crippen molar-refractivity contribution in [3.05, 3.63) is 30.4 Å². The first-order valence-electron chi connectivity index (χ1n) is 5.25. The minimum Gasteiger partial charge on any atom is -0.394 e. The van der Waals surface area contributed by atoms with Crippen molar-refractivity contribution in [2.24, 2.45) is 0 Å². The van der Waals surface area contributed by atoms with Gasteiger partial charge in [-0.3, -0.25) is 4.40 Å². The molecule has 0 saturated carbocycles. The molecule has 5 heteroatoms. The zero-order chi connectivity index (χ0) is 11.6. The van der Waals surface area contributed by atoms with Gasteiger partial charge in [0.25, 0.3) is 0 Å². The molecule has 16 heavy (non-hydrogen) atoms. The van der Waals surface area contributed by atoms with Crippen molar-refractivity contribution in [2.45, 2.75) is 25.9 Å². The number of aromatic nitrogens is 3. The van der Waals surface area contributed by atoms with Gasteiger partial charge in [0, 0.05) is 24.5 Å². The van der Waals surface area contributed by atoms with E-state index >= 15 is 0 Å². The Balaban J connectivity index is 2.16. The summed E-state index contributed by atoms with van der Waals surface area (Å²) in [6, 6.07) is 1.87. The van der Waals surface area contributed by atoms with Crippen molar-refractivity contribution in [3.63, 3.8) is 0 Å². The summed E-state index contributed by atoms with van der Waals surface area (Å²) in [7, 11) is 0. The molecule has 0 aromatic carbocycles. The molecular formula is C11H16N4O. The second kappa shape index (κ2) is 4.19. The number of fused-ring (bicyclic) bond motifs is 1. The normalized spacial score (nSPS) is 12.2. The van der Waals surface area contributed by atoms with Crippen molar-refractivity contribution >= 4 is 5.78 Å². The third kappa shape index (κ3) is 2.20. The number of imidazole rings is 1. The largest absolute Gasteiger partial charge is 0.394 e. The van der Waals surface area contributed by atoms with Crippen LogP contribution >= 0.6 is 0 Å². The van der Waals surface area contributed by atoms with Crippen LogP contribution in [0.1, 0.15) is 19.5 Å². The highest BCUT2D eigenvalue weighted by atomic mass is 16.3. The number of nitrogens with zero attached hydrogens (tertiary/aromatic N) is 3. The van der Waals surface area contributed by atoms with Crippen LogP contribution < -0.4 is 5.32 Å². The number of nitrogens with one attached hydrogen (secondary N) is 1. The predicted octanol–water partition coefficient (Wildman–Crippen LogP) is 0.590. The van der Waals surface area contributed by atoms with Crippen LogP contribution in [0, 0.1) is 0 Å². The van der Waals surface area contributed by atoms with E-state index in [9.17, 15) is 0 Å². The van der Waals surface area contributed by atoms with E-state index in [-0.39, 0.29) is 12.1 Å². The van der Waals surface area contributed by atoms with Crippen LogP contribution in [0.3, 0.4) is 0 Å². The van der Waals surface area contributed by atoms with Crippen LogP contribution in [0.25, 0.3) is 5.78 Å². The first-order chi connectivity index (χ1) is 7.62. The van der Waals surface area contributed by atoms with Gasteiger partial charge in [-0.05, 0) is 19.9 Å². The number of hydrogen-bond donors (Lipinski definition) is 2. The molecule has 0 aliphatic carbocycles. The Kier molecular flexibility index (Phi) is 2.89. The van der Waals surface area contributed by atoms with Crippen molar-refractivity contribution < 1.29 is 5.11 Å². The molecule has 2 heterocycles. The van der Waals surface area contributed by atoms with E-state index in [0.29, 0.717) is 12.3 Å². The van der Waals surface area contributed by atoms with Gasteiger partial charge in [-0.2, -0.15) is 0 Å². The number of aliphatic hydroxyl groups is 1. The van der Waals surface area contributed by atoms with E-state index < -0.39 is 0 Å². The lowest BCUT2D eigenvalue weighted by molar-refractivity contribution is 0.187. The summed E-state index contributed by atoms with van der Waals surface area (Å²) in [4.78, 5) is 8.34. The molecule has 0 unspecified atom stereocenters. The molecule has 2 N–H and O–H groups in total. The van der Waals surface area contributed by atoms with Gasteiger partial charge in [0.05, 0.1) is 18.5 Å². The lowest BCUT2D eigenvalue weighted by Crippen LogP contribution is -2.42. The lowest BCUT2D eigenvalue weighted by atomic mass is 10.1. The monoisotopic (exact) mass is 220 g/mol. The van der Waals surface area contributed by atoms with Crippen LogP contribution in [0.4, 0.5) is 0 Å². The second-order valence-corrected chi connectivity index (χ2v) is 4.43. The molecule has 2 aromatic rings. The summed E-state index contributed by atoms with van der Waals surface area (Å²) in [6.07, 6.45) is 5.44. The van der Waals surface area contributed by atoms with E-state index in [1.54, 1.807) is 12.4 Å². The topological polar surface area (TPSA) is 62.5 Å². The standard InChI is InChI=1S/C11H16N4O/c1-11(2,8-16)14-7-9-6-13-10-12-4-3-5-15(9)10/h3-6,14,16H,7-8H2,1-2H3. The van der Waals surface area contributed by atoms with Gasteiger partial charge in [-0.25, -0.2) is 9.97 Å². The van der Waals surface area contributed by atoms with Crippen LogP contribution in [0.5, 0.6) is 0 Å². The first-order valence-corrected chi connectivity index (χ1v) is 5.25. The SMILES string of the molecule is CC(C)(CO)NCc1cnc2ncccn12. The molecule has 0 radical (unpaired) electrons. The Morgan fingerprint density at radius 3 is 3.00 bits per heavy atom. The number of hydrogen-bond acceptors (Lipinski definition) is 4. The number of rotatable bonds is 4. The summed E-state index contributed by atoms with van der Waals surface area (Å²) in [6.45, 7) is 4.66. The molecular weight excluding hydrogens is 204 g/mol. The Morgan fingerprint density at radius 2 is 2.25 bits per heavy atom. The highest BCUT2D eigenvalue weighted by molar-refractivity contribution is 5.30. The van der Waals surface area contributed by atoms with E-state index in [1.165, 1.54) is 0 Å². The van der Waals surface area contributed by atoms with Crippen molar-refractivity contribution in [2.75, 3.05) is 6.61 Å². The zero-order valence-electron chi connectivity index (χ0n) is 9.51. The Bertz CT molecular complexity index is 478. The van der Waals surface area contributed by atoms with E-state index in [0.717, 1.165) is 5.69 Å². The highest BCUT2D eigenvalue weighted by Gasteiger charge is 2.15. The first kappa shape index (κ1) is 11.0. The summed E-state index contributed by atoms with van der Waals surface area (Å²) in [5.41, 5.74) is 0.747. The van der Waals surface area contributed by atoms with Crippen LogP contribution in [-0.2, 0) is 6.54 Å². The summed E-state index contributed by atoms with van der Waals surface area (Å²) < 4.78 is 1.93. The van der Waals surface area contributed by atoms with Gasteiger partial charge in [0.1, 0.15) is 0 Å². The molecule has 0 amide bonds. The molecule has 0 aliphatic heterocycles. The molecule has 0 bridgehead atoms. The fraction of sp³-hybridized carbons (Fsp3) is 0.455. The van der Waals surface area contributed by atoms with Crippen LogP contribution in [0.15, 0.2) is 24.7 Å². The second-order valence-electron chi connectivity index (χ2n) is 4.43. The molecule has 86 valence electrons. The average molecular weight is 220 g/mol. The van der Waals surface area contributed by atoms with Crippen LogP contribution in [-0.4, -0.2) is 31.6 Å². The third-order valence-corrected chi connectivity index (χ3v) is 2.51. The van der Waals surface area contributed by atoms with Gasteiger partial charge in [-0.1, -0.05) is 0 Å². The van der Waals surface area contributed by atoms with Gasteiger partial charge >= 0.3 is 0 Å². The Labute approximate surface area is 94.2 Å². The maximum atomic E-state index is 9.14. The zero-order valence-corrected chi connectivity index (χ0v) is 9.51. The van der Waals surface area contributed by atoms with Gasteiger partial charge < -0.3 is 10.4 Å². The molecule has 0 saturated heterocycles. The van der Waals surface area contributed by atoms with Crippen molar-refractivity contribution in [3.8, 4) is 0 Å². The van der Waals surface area contributed by atoms with Crippen molar-refractivity contribution in [1.29, 1.82) is 0 Å². The fourth-order valence-corrected chi connectivity index (χ4v) is 1.39. The Morgan fingerprint density at radius 1 is 1.44 bits per heavy atom.